The topological polar surface area (TPSA) is 78.9 Å². The fraction of sp³-hybridized carbons (Fsp3) is 0.500. The maximum absolute atomic E-state index is 11.9. The van der Waals surface area contributed by atoms with Crippen LogP contribution in [0.15, 0.2) is 6.07 Å². The number of halogens is 1. The molecule has 1 aliphatic rings. The number of likely N-dealkylation sites (N-methyl/N-ethyl adjacent to an activating group) is 1. The Hall–Kier alpha value is -1.95. The van der Waals surface area contributed by atoms with Gasteiger partial charge in [-0.15, -0.1) is 0 Å². The van der Waals surface area contributed by atoms with Crippen LogP contribution in [0, 0.1) is 6.92 Å². The molecule has 1 aromatic carbocycles. The Morgan fingerprint density at radius 2 is 2.22 bits per heavy atom. The third-order valence-electron chi connectivity index (χ3n) is 4.31. The van der Waals surface area contributed by atoms with Gasteiger partial charge in [-0.1, -0.05) is 11.6 Å². The highest BCUT2D eigenvalue weighted by Crippen LogP contribution is 2.42. The van der Waals surface area contributed by atoms with Crippen LogP contribution in [0.4, 0.5) is 4.79 Å². The average Bonchev–Trinajstić information content (AvgIpc) is 2.79. The molecule has 2 unspecified atom stereocenters. The Bertz CT molecular complexity index is 647. The molecule has 1 saturated heterocycles. The van der Waals surface area contributed by atoms with Gasteiger partial charge in [0.2, 0.25) is 5.91 Å². The summed E-state index contributed by atoms with van der Waals surface area (Å²) in [4.78, 5) is 24.5. The van der Waals surface area contributed by atoms with Gasteiger partial charge in [-0.3, -0.25) is 4.79 Å². The number of carbonyl (C=O) groups is 2. The minimum absolute atomic E-state index is 0.0167. The summed E-state index contributed by atoms with van der Waals surface area (Å²) in [6, 6.07) is 1.24. The number of nitrogens with zero attached hydrogens (tertiary/aromatic N) is 1. The fourth-order valence-electron chi connectivity index (χ4n) is 3.13. The molecule has 1 aliphatic heterocycles. The number of nitrogens with one attached hydrogen (secondary N) is 1. The van der Waals surface area contributed by atoms with E-state index in [1.165, 1.54) is 0 Å². The van der Waals surface area contributed by atoms with Crippen LogP contribution in [0.25, 0.3) is 0 Å². The van der Waals surface area contributed by atoms with Crippen molar-refractivity contribution in [2.45, 2.75) is 32.2 Å². The van der Waals surface area contributed by atoms with E-state index in [4.69, 9.17) is 21.4 Å². The molecule has 0 saturated carbocycles. The van der Waals surface area contributed by atoms with Crippen LogP contribution in [-0.2, 0) is 4.79 Å². The van der Waals surface area contributed by atoms with Gasteiger partial charge in [-0.25, -0.2) is 4.79 Å². The van der Waals surface area contributed by atoms with E-state index in [0.717, 1.165) is 11.1 Å². The molecule has 2 atom stereocenters. The lowest BCUT2D eigenvalue weighted by molar-refractivity contribution is -0.126. The Morgan fingerprint density at radius 3 is 2.70 bits per heavy atom. The van der Waals surface area contributed by atoms with Crippen molar-refractivity contribution in [1.82, 2.24) is 10.2 Å². The summed E-state index contributed by atoms with van der Waals surface area (Å²) < 4.78 is 5.58. The van der Waals surface area contributed by atoms with Crippen molar-refractivity contribution in [2.75, 3.05) is 20.7 Å². The van der Waals surface area contributed by atoms with Gasteiger partial charge >= 0.3 is 6.09 Å². The summed E-state index contributed by atoms with van der Waals surface area (Å²) in [5, 5.41) is 11.9. The number of rotatable bonds is 4. The van der Waals surface area contributed by atoms with Gasteiger partial charge in [0, 0.05) is 42.1 Å². The molecule has 0 aliphatic carbocycles. The maximum Gasteiger partial charge on any atom is 0.405 e. The van der Waals surface area contributed by atoms with Crippen LogP contribution < -0.4 is 10.1 Å². The Morgan fingerprint density at radius 1 is 1.57 bits per heavy atom. The molecule has 2 rings (SSSR count). The van der Waals surface area contributed by atoms with Gasteiger partial charge in [-0.2, -0.15) is 0 Å². The highest BCUT2D eigenvalue weighted by molar-refractivity contribution is 6.31. The van der Waals surface area contributed by atoms with Crippen LogP contribution in [0.5, 0.6) is 5.75 Å². The second-order valence-electron chi connectivity index (χ2n) is 5.87. The summed E-state index contributed by atoms with van der Waals surface area (Å²) in [7, 11) is 3.31. The molecular weight excluding hydrogens is 320 g/mol. The molecule has 0 bridgehead atoms. The first-order valence-electron chi connectivity index (χ1n) is 7.36. The first-order chi connectivity index (χ1) is 10.8. The zero-order chi connectivity index (χ0) is 17.3. The second kappa shape index (κ2) is 6.66. The van der Waals surface area contributed by atoms with Gasteiger partial charge < -0.3 is 20.1 Å². The highest BCUT2D eigenvalue weighted by atomic mass is 35.5. The number of ether oxygens (including phenoxy) is 1. The summed E-state index contributed by atoms with van der Waals surface area (Å²) >= 11 is 6.35. The van der Waals surface area contributed by atoms with E-state index in [0.29, 0.717) is 29.3 Å². The standard InChI is InChI=1S/C16H21ClN2O4/c1-8-12(17)6-11(9(2)18-16(21)22)15(23-4)14(8)10-5-13(20)19(3)7-10/h6,9-10,18H,5,7H2,1-4H3,(H,21,22). The number of methoxy groups -OCH3 is 1. The van der Waals surface area contributed by atoms with E-state index in [9.17, 15) is 9.59 Å². The number of hydrogen-bond acceptors (Lipinski definition) is 3. The largest absolute Gasteiger partial charge is 0.496 e. The number of likely N-dealkylation sites (tertiary alicyclic amines) is 1. The molecule has 1 heterocycles. The molecule has 23 heavy (non-hydrogen) atoms. The maximum atomic E-state index is 11.9. The number of benzene rings is 1. The van der Waals surface area contributed by atoms with Gasteiger partial charge in [0.05, 0.1) is 13.2 Å². The van der Waals surface area contributed by atoms with Crippen molar-refractivity contribution < 1.29 is 19.4 Å². The van der Waals surface area contributed by atoms with E-state index in [-0.39, 0.29) is 11.8 Å². The third kappa shape index (κ3) is 3.37. The van der Waals surface area contributed by atoms with Gasteiger partial charge in [0.15, 0.2) is 0 Å². The molecular formula is C16H21ClN2O4. The molecule has 2 amide bonds. The first kappa shape index (κ1) is 17.4. The minimum Gasteiger partial charge on any atom is -0.496 e. The van der Waals surface area contributed by atoms with Gasteiger partial charge in [-0.05, 0) is 25.5 Å². The predicted molar refractivity (Wildman–Crippen MR) is 87.3 cm³/mol. The molecule has 6 nitrogen and oxygen atoms in total. The third-order valence-corrected chi connectivity index (χ3v) is 4.70. The normalized spacial score (nSPS) is 18.9. The molecule has 1 fully saturated rings. The number of carbonyl (C=O) groups excluding carboxylic acids is 1. The fourth-order valence-corrected chi connectivity index (χ4v) is 3.35. The van der Waals surface area contributed by atoms with E-state index in [2.05, 4.69) is 5.32 Å². The Kier molecular flexibility index (Phi) is 5.04. The molecule has 1 aromatic rings. The van der Waals surface area contributed by atoms with Crippen LogP contribution in [-0.4, -0.2) is 42.7 Å². The molecule has 2 N–H and O–H groups in total. The van der Waals surface area contributed by atoms with E-state index in [1.807, 2.05) is 6.92 Å². The lowest BCUT2D eigenvalue weighted by Crippen LogP contribution is -2.25. The number of hydrogen-bond donors (Lipinski definition) is 2. The van der Waals surface area contributed by atoms with Gasteiger partial charge in [0.1, 0.15) is 5.75 Å². The van der Waals surface area contributed by atoms with Crippen molar-refractivity contribution in [2.24, 2.45) is 0 Å². The van der Waals surface area contributed by atoms with Gasteiger partial charge in [0.25, 0.3) is 0 Å². The molecule has 7 heteroatoms. The van der Waals surface area contributed by atoms with Crippen LogP contribution >= 0.6 is 11.6 Å². The first-order valence-corrected chi connectivity index (χ1v) is 7.74. The number of amides is 2. The number of carboxylic acid groups (broad SMARTS) is 1. The smallest absolute Gasteiger partial charge is 0.405 e. The van der Waals surface area contributed by atoms with Crippen molar-refractivity contribution >= 4 is 23.6 Å². The lowest BCUT2D eigenvalue weighted by atomic mass is 9.89. The summed E-state index contributed by atoms with van der Waals surface area (Å²) in [5.41, 5.74) is 2.41. The van der Waals surface area contributed by atoms with E-state index >= 15 is 0 Å². The zero-order valence-corrected chi connectivity index (χ0v) is 14.4. The Labute approximate surface area is 140 Å². The van der Waals surface area contributed by atoms with E-state index in [1.54, 1.807) is 32.0 Å². The monoisotopic (exact) mass is 340 g/mol. The van der Waals surface area contributed by atoms with Crippen LogP contribution in [0.2, 0.25) is 5.02 Å². The average molecular weight is 341 g/mol. The molecule has 126 valence electrons. The van der Waals surface area contributed by atoms with Crippen molar-refractivity contribution in [1.29, 1.82) is 0 Å². The quantitative estimate of drug-likeness (QED) is 0.883. The molecule has 0 spiro atoms. The zero-order valence-electron chi connectivity index (χ0n) is 13.6. The molecule has 0 radical (unpaired) electrons. The van der Waals surface area contributed by atoms with Crippen molar-refractivity contribution in [3.63, 3.8) is 0 Å². The minimum atomic E-state index is -1.12. The van der Waals surface area contributed by atoms with Crippen LogP contribution in [0.3, 0.4) is 0 Å². The SMILES string of the molecule is COc1c(C(C)NC(=O)O)cc(Cl)c(C)c1C1CC(=O)N(C)C1. The van der Waals surface area contributed by atoms with E-state index < -0.39 is 12.1 Å². The van der Waals surface area contributed by atoms with Crippen LogP contribution in [0.1, 0.15) is 42.0 Å². The highest BCUT2D eigenvalue weighted by Gasteiger charge is 2.33. The van der Waals surface area contributed by atoms with Crippen molar-refractivity contribution in [3.8, 4) is 5.75 Å². The predicted octanol–water partition coefficient (Wildman–Crippen LogP) is 2.93. The van der Waals surface area contributed by atoms with Crippen molar-refractivity contribution in [3.05, 3.63) is 27.8 Å². The summed E-state index contributed by atoms with van der Waals surface area (Å²) in [5.74, 6) is 0.660. The summed E-state index contributed by atoms with van der Waals surface area (Å²) in [6.07, 6.45) is -0.720. The Balaban J connectivity index is 2.54. The second-order valence-corrected chi connectivity index (χ2v) is 6.27. The lowest BCUT2D eigenvalue weighted by Gasteiger charge is -2.24. The summed E-state index contributed by atoms with van der Waals surface area (Å²) in [6.45, 7) is 4.21. The molecule has 0 aromatic heterocycles.